The second-order valence-electron chi connectivity index (χ2n) is 5.13. The Morgan fingerprint density at radius 1 is 1.24 bits per heavy atom. The Morgan fingerprint density at radius 3 is 2.41 bits per heavy atom. The molecule has 0 amide bonds. The molecule has 0 radical (unpaired) electrons. The van der Waals surface area contributed by atoms with E-state index in [9.17, 15) is 0 Å². The number of benzene rings is 1. The SMILES string of the molecule is CC[Si]1(CC)OC(C)c2cc(N(C)C)ccc21. The summed E-state index contributed by atoms with van der Waals surface area (Å²) in [6.07, 6.45) is 0.275. The maximum atomic E-state index is 6.37. The van der Waals surface area contributed by atoms with Gasteiger partial charge in [-0.1, -0.05) is 19.9 Å². The Morgan fingerprint density at radius 2 is 1.88 bits per heavy atom. The summed E-state index contributed by atoms with van der Waals surface area (Å²) >= 11 is 0. The van der Waals surface area contributed by atoms with Gasteiger partial charge >= 0.3 is 0 Å². The van der Waals surface area contributed by atoms with Crippen molar-refractivity contribution in [1.29, 1.82) is 0 Å². The Balaban J connectivity index is 2.50. The molecule has 0 bridgehead atoms. The molecule has 1 atom stereocenters. The van der Waals surface area contributed by atoms with Crippen molar-refractivity contribution in [3.05, 3.63) is 23.8 Å². The minimum atomic E-state index is -1.64. The highest BCUT2D eigenvalue weighted by Crippen LogP contribution is 2.35. The fourth-order valence-electron chi connectivity index (χ4n) is 2.84. The van der Waals surface area contributed by atoms with Crippen LogP contribution < -0.4 is 10.1 Å². The first-order valence-electron chi connectivity index (χ1n) is 6.53. The topological polar surface area (TPSA) is 12.5 Å². The number of nitrogens with zero attached hydrogens (tertiary/aromatic N) is 1. The first kappa shape index (κ1) is 12.6. The van der Waals surface area contributed by atoms with Gasteiger partial charge in [0.25, 0.3) is 0 Å². The number of anilines is 1. The van der Waals surface area contributed by atoms with Gasteiger partial charge in [0.2, 0.25) is 8.32 Å². The van der Waals surface area contributed by atoms with E-state index in [2.05, 4.69) is 58.0 Å². The van der Waals surface area contributed by atoms with E-state index in [0.717, 1.165) is 0 Å². The Hall–Kier alpha value is -0.803. The number of rotatable bonds is 3. The van der Waals surface area contributed by atoms with Crippen LogP contribution in [-0.2, 0) is 4.43 Å². The molecule has 1 unspecified atom stereocenters. The van der Waals surface area contributed by atoms with Crippen molar-refractivity contribution in [3.63, 3.8) is 0 Å². The summed E-state index contributed by atoms with van der Waals surface area (Å²) in [6, 6.07) is 9.21. The highest BCUT2D eigenvalue weighted by atomic mass is 28.4. The number of hydrogen-bond donors (Lipinski definition) is 0. The van der Waals surface area contributed by atoms with E-state index in [0.29, 0.717) is 0 Å². The third kappa shape index (κ3) is 1.91. The summed E-state index contributed by atoms with van der Waals surface area (Å²) in [6.45, 7) is 6.74. The third-order valence-corrected chi connectivity index (χ3v) is 8.55. The van der Waals surface area contributed by atoms with E-state index >= 15 is 0 Å². The van der Waals surface area contributed by atoms with E-state index in [1.807, 2.05) is 0 Å². The summed E-state index contributed by atoms with van der Waals surface area (Å²) in [5.41, 5.74) is 2.70. The smallest absolute Gasteiger partial charge is 0.224 e. The van der Waals surface area contributed by atoms with Crippen molar-refractivity contribution >= 4 is 19.2 Å². The molecule has 2 nitrogen and oxygen atoms in total. The maximum absolute atomic E-state index is 6.37. The molecule has 17 heavy (non-hydrogen) atoms. The highest BCUT2D eigenvalue weighted by Gasteiger charge is 2.43. The Bertz CT molecular complexity index is 413. The zero-order chi connectivity index (χ0) is 12.6. The summed E-state index contributed by atoms with van der Waals surface area (Å²) in [4.78, 5) is 2.16. The summed E-state index contributed by atoms with van der Waals surface area (Å²) in [7, 11) is 2.54. The van der Waals surface area contributed by atoms with Gasteiger partial charge in [0.05, 0.1) is 6.10 Å². The second-order valence-corrected chi connectivity index (χ2v) is 9.30. The van der Waals surface area contributed by atoms with E-state index in [1.165, 1.54) is 28.5 Å². The molecule has 0 spiro atoms. The molecule has 0 aromatic heterocycles. The molecule has 1 aromatic rings. The van der Waals surface area contributed by atoms with Gasteiger partial charge in [0.15, 0.2) is 0 Å². The van der Waals surface area contributed by atoms with E-state index in [1.54, 1.807) is 0 Å². The van der Waals surface area contributed by atoms with E-state index < -0.39 is 8.32 Å². The molecule has 94 valence electrons. The van der Waals surface area contributed by atoms with Gasteiger partial charge in [0, 0.05) is 19.8 Å². The molecule has 1 aromatic carbocycles. The van der Waals surface area contributed by atoms with Crippen LogP contribution in [0.25, 0.3) is 0 Å². The van der Waals surface area contributed by atoms with Crippen LogP contribution in [0.1, 0.15) is 32.4 Å². The van der Waals surface area contributed by atoms with Gasteiger partial charge < -0.3 is 9.33 Å². The molecule has 1 aliphatic heterocycles. The van der Waals surface area contributed by atoms with Crippen LogP contribution in [0.2, 0.25) is 12.1 Å². The summed E-state index contributed by atoms with van der Waals surface area (Å²) in [5.74, 6) is 0. The molecule has 1 heterocycles. The van der Waals surface area contributed by atoms with Gasteiger partial charge in [-0.05, 0) is 41.9 Å². The van der Waals surface area contributed by atoms with Crippen molar-refractivity contribution in [3.8, 4) is 0 Å². The molecule has 3 heteroatoms. The van der Waals surface area contributed by atoms with E-state index in [-0.39, 0.29) is 6.10 Å². The molecule has 0 N–H and O–H groups in total. The fourth-order valence-corrected chi connectivity index (χ4v) is 6.56. The first-order valence-corrected chi connectivity index (χ1v) is 8.86. The van der Waals surface area contributed by atoms with Crippen molar-refractivity contribution in [1.82, 2.24) is 0 Å². The van der Waals surface area contributed by atoms with Crippen LogP contribution in [0.15, 0.2) is 18.2 Å². The van der Waals surface area contributed by atoms with Crippen molar-refractivity contribution < 1.29 is 4.43 Å². The van der Waals surface area contributed by atoms with Crippen LogP contribution in [0.3, 0.4) is 0 Å². The minimum Gasteiger partial charge on any atom is -0.406 e. The van der Waals surface area contributed by atoms with Crippen LogP contribution in [0, 0.1) is 0 Å². The molecule has 1 aliphatic rings. The molecule has 0 fully saturated rings. The molecular weight excluding hydrogens is 226 g/mol. The van der Waals surface area contributed by atoms with Crippen LogP contribution >= 0.6 is 0 Å². The van der Waals surface area contributed by atoms with Gasteiger partial charge in [-0.15, -0.1) is 0 Å². The quantitative estimate of drug-likeness (QED) is 0.764. The maximum Gasteiger partial charge on any atom is 0.224 e. The van der Waals surface area contributed by atoms with Gasteiger partial charge in [-0.25, -0.2) is 0 Å². The Labute approximate surface area is 106 Å². The van der Waals surface area contributed by atoms with Crippen molar-refractivity contribution in [2.24, 2.45) is 0 Å². The average Bonchev–Trinajstić information content (AvgIpc) is 2.62. The lowest BCUT2D eigenvalue weighted by molar-refractivity contribution is 0.232. The Kier molecular flexibility index (Phi) is 3.32. The molecule has 2 rings (SSSR count). The predicted molar refractivity (Wildman–Crippen MR) is 76.6 cm³/mol. The summed E-state index contributed by atoms with van der Waals surface area (Å²) < 4.78 is 6.37. The second kappa shape index (κ2) is 4.46. The molecule has 0 saturated heterocycles. The summed E-state index contributed by atoms with van der Waals surface area (Å²) in [5, 5.41) is 1.53. The minimum absolute atomic E-state index is 0.275. The monoisotopic (exact) mass is 249 g/mol. The lowest BCUT2D eigenvalue weighted by Gasteiger charge is -2.24. The normalized spacial score (nSPS) is 21.4. The van der Waals surface area contributed by atoms with E-state index in [4.69, 9.17) is 4.43 Å². The largest absolute Gasteiger partial charge is 0.406 e. The fraction of sp³-hybridized carbons (Fsp3) is 0.571. The standard InChI is InChI=1S/C14H23NOSi/c1-6-17(7-2)14-9-8-12(15(4)5)10-13(14)11(3)16-17/h8-11H,6-7H2,1-5H3. The van der Waals surface area contributed by atoms with Crippen LogP contribution in [0.5, 0.6) is 0 Å². The average molecular weight is 249 g/mol. The lowest BCUT2D eigenvalue weighted by atomic mass is 10.1. The zero-order valence-corrected chi connectivity index (χ0v) is 12.6. The zero-order valence-electron chi connectivity index (χ0n) is 11.6. The van der Waals surface area contributed by atoms with Crippen LogP contribution in [-0.4, -0.2) is 22.4 Å². The molecular formula is C14H23NOSi. The first-order chi connectivity index (χ1) is 8.04. The van der Waals surface area contributed by atoms with Crippen molar-refractivity contribution in [2.75, 3.05) is 19.0 Å². The van der Waals surface area contributed by atoms with Crippen LogP contribution in [0.4, 0.5) is 5.69 Å². The van der Waals surface area contributed by atoms with Gasteiger partial charge in [-0.3, -0.25) is 0 Å². The van der Waals surface area contributed by atoms with Crippen molar-refractivity contribution in [2.45, 2.75) is 39.0 Å². The molecule has 0 aliphatic carbocycles. The number of fused-ring (bicyclic) bond motifs is 1. The highest BCUT2D eigenvalue weighted by molar-refractivity contribution is 6.87. The lowest BCUT2D eigenvalue weighted by Crippen LogP contribution is -2.45. The number of hydrogen-bond acceptors (Lipinski definition) is 2. The van der Waals surface area contributed by atoms with Gasteiger partial charge in [-0.2, -0.15) is 0 Å². The predicted octanol–water partition coefficient (Wildman–Crippen LogP) is 3.04. The third-order valence-electron chi connectivity index (χ3n) is 4.02. The molecule has 0 saturated carbocycles. The van der Waals surface area contributed by atoms with Gasteiger partial charge in [0.1, 0.15) is 0 Å².